The molecule has 0 spiro atoms. The van der Waals surface area contributed by atoms with Crippen LogP contribution in [0.1, 0.15) is 16.7 Å². The number of rotatable bonds is 11. The number of hydrogen-bond acceptors (Lipinski definition) is 6. The maximum Gasteiger partial charge on any atom is 0.334 e. The molecule has 5 rings (SSSR count). The van der Waals surface area contributed by atoms with Gasteiger partial charge in [-0.15, -0.1) is 6.58 Å². The second kappa shape index (κ2) is 13.9. The standard InChI is InChI=1S/C34H37N5O5/c1-3-17-37-24-32(41)38-30(20-25-13-15-28(40)16-14-25)33(42)36(22-27-11-8-12-29(19-27)44-18-4-2)23-31(38)39(37)34(43)35-21-26-9-6-5-7-10-26/h3-16,19,30-31,40H,1-2,17-18,20-24H2,(H,35,43). The first-order valence-electron chi connectivity index (χ1n) is 14.5. The highest BCUT2D eigenvalue weighted by Gasteiger charge is 2.51. The number of phenols is 1. The van der Waals surface area contributed by atoms with Gasteiger partial charge in [0.05, 0.1) is 13.1 Å². The van der Waals surface area contributed by atoms with Crippen LogP contribution in [0.5, 0.6) is 11.5 Å². The van der Waals surface area contributed by atoms with Crippen LogP contribution in [0.3, 0.4) is 0 Å². The summed E-state index contributed by atoms with van der Waals surface area (Å²) in [5, 5.41) is 16.0. The number of carbonyl (C=O) groups excluding carboxylic acids is 3. The van der Waals surface area contributed by atoms with Crippen molar-refractivity contribution in [2.75, 3.05) is 26.2 Å². The molecule has 2 saturated heterocycles. The first kappa shape index (κ1) is 30.4. The third-order valence-electron chi connectivity index (χ3n) is 7.67. The van der Waals surface area contributed by atoms with Crippen molar-refractivity contribution in [2.45, 2.75) is 31.7 Å². The molecule has 0 aliphatic carbocycles. The van der Waals surface area contributed by atoms with Crippen LogP contribution in [0.15, 0.2) is 104 Å². The Labute approximate surface area is 257 Å². The third-order valence-corrected chi connectivity index (χ3v) is 7.67. The van der Waals surface area contributed by atoms with Crippen LogP contribution in [-0.2, 0) is 29.1 Å². The fraction of sp³-hybridized carbons (Fsp3) is 0.265. The molecule has 2 atom stereocenters. The van der Waals surface area contributed by atoms with Crippen LogP contribution >= 0.6 is 0 Å². The number of nitrogens with one attached hydrogen (secondary N) is 1. The van der Waals surface area contributed by atoms with Gasteiger partial charge in [0.25, 0.3) is 0 Å². The topological polar surface area (TPSA) is 106 Å². The number of benzene rings is 3. The van der Waals surface area contributed by atoms with Crippen molar-refractivity contribution in [2.24, 2.45) is 0 Å². The van der Waals surface area contributed by atoms with Gasteiger partial charge in [-0.25, -0.2) is 14.8 Å². The number of urea groups is 1. The molecule has 0 radical (unpaired) electrons. The van der Waals surface area contributed by atoms with E-state index in [1.54, 1.807) is 56.2 Å². The van der Waals surface area contributed by atoms with Crippen molar-refractivity contribution in [3.63, 3.8) is 0 Å². The van der Waals surface area contributed by atoms with Crippen LogP contribution < -0.4 is 10.1 Å². The normalized spacial score (nSPS) is 18.5. The quantitative estimate of drug-likeness (QED) is 0.328. The van der Waals surface area contributed by atoms with Gasteiger partial charge in [-0.05, 0) is 41.0 Å². The molecule has 3 aromatic rings. The molecular weight excluding hydrogens is 558 g/mol. The molecule has 10 heteroatoms. The van der Waals surface area contributed by atoms with E-state index in [1.165, 1.54) is 0 Å². The largest absolute Gasteiger partial charge is 0.508 e. The molecule has 3 aromatic carbocycles. The maximum atomic E-state index is 14.1. The molecule has 0 bridgehead atoms. The van der Waals surface area contributed by atoms with Gasteiger partial charge in [-0.2, -0.15) is 0 Å². The molecule has 2 fully saturated rings. The minimum absolute atomic E-state index is 0.0800. The zero-order chi connectivity index (χ0) is 31.1. The summed E-state index contributed by atoms with van der Waals surface area (Å²) in [7, 11) is 0. The molecular formula is C34H37N5O5. The fourth-order valence-electron chi connectivity index (χ4n) is 5.66. The number of piperazine rings is 1. The van der Waals surface area contributed by atoms with Crippen molar-refractivity contribution < 1.29 is 24.2 Å². The molecule has 228 valence electrons. The number of phenolic OH excluding ortho intramolecular Hbond substituents is 1. The summed E-state index contributed by atoms with van der Waals surface area (Å²) in [6.07, 6.45) is 2.78. The lowest BCUT2D eigenvalue weighted by molar-refractivity contribution is -0.189. The molecule has 2 unspecified atom stereocenters. The average molecular weight is 596 g/mol. The van der Waals surface area contributed by atoms with Gasteiger partial charge < -0.3 is 25.0 Å². The Morgan fingerprint density at radius 1 is 0.955 bits per heavy atom. The Morgan fingerprint density at radius 2 is 1.70 bits per heavy atom. The first-order valence-corrected chi connectivity index (χ1v) is 14.5. The van der Waals surface area contributed by atoms with Gasteiger partial charge in [0.1, 0.15) is 30.3 Å². The summed E-state index contributed by atoms with van der Waals surface area (Å²) < 4.78 is 5.70. The van der Waals surface area contributed by atoms with Gasteiger partial charge in [0.15, 0.2) is 0 Å². The van der Waals surface area contributed by atoms with Crippen molar-refractivity contribution in [3.8, 4) is 11.5 Å². The molecule has 2 aliphatic rings. The number of aromatic hydroxyl groups is 1. The number of amides is 4. The molecule has 0 saturated carbocycles. The summed E-state index contributed by atoms with van der Waals surface area (Å²) >= 11 is 0. The van der Waals surface area contributed by atoms with E-state index >= 15 is 0 Å². The lowest BCUT2D eigenvalue weighted by Gasteiger charge is -2.55. The van der Waals surface area contributed by atoms with E-state index in [0.29, 0.717) is 18.9 Å². The van der Waals surface area contributed by atoms with E-state index in [1.807, 2.05) is 54.6 Å². The van der Waals surface area contributed by atoms with Gasteiger partial charge in [-0.1, -0.05) is 73.3 Å². The van der Waals surface area contributed by atoms with Crippen LogP contribution in [0.25, 0.3) is 0 Å². The number of carbonyl (C=O) groups is 3. The van der Waals surface area contributed by atoms with Gasteiger partial charge in [-0.3, -0.25) is 9.59 Å². The van der Waals surface area contributed by atoms with Crippen molar-refractivity contribution in [1.82, 2.24) is 25.1 Å². The summed E-state index contributed by atoms with van der Waals surface area (Å²) in [5.41, 5.74) is 2.56. The zero-order valence-electron chi connectivity index (χ0n) is 24.5. The van der Waals surface area contributed by atoms with E-state index in [0.717, 1.165) is 16.7 Å². The van der Waals surface area contributed by atoms with Crippen LogP contribution in [0.4, 0.5) is 4.79 Å². The monoisotopic (exact) mass is 595 g/mol. The summed E-state index contributed by atoms with van der Waals surface area (Å²) in [5.74, 6) is 0.292. The van der Waals surface area contributed by atoms with Crippen molar-refractivity contribution >= 4 is 17.8 Å². The minimum atomic E-state index is -0.860. The predicted molar refractivity (Wildman–Crippen MR) is 166 cm³/mol. The predicted octanol–water partition coefficient (Wildman–Crippen LogP) is 3.69. The fourth-order valence-corrected chi connectivity index (χ4v) is 5.66. The first-order chi connectivity index (χ1) is 21.4. The van der Waals surface area contributed by atoms with Crippen molar-refractivity contribution in [1.29, 1.82) is 0 Å². The zero-order valence-corrected chi connectivity index (χ0v) is 24.5. The average Bonchev–Trinajstić information content (AvgIpc) is 3.02. The van der Waals surface area contributed by atoms with Gasteiger partial charge in [0.2, 0.25) is 11.8 Å². The van der Waals surface area contributed by atoms with Crippen LogP contribution in [0, 0.1) is 0 Å². The van der Waals surface area contributed by atoms with E-state index in [2.05, 4.69) is 18.5 Å². The number of hydrogen-bond donors (Lipinski definition) is 2. The highest BCUT2D eigenvalue weighted by atomic mass is 16.5. The Kier molecular flexibility index (Phi) is 9.61. The van der Waals surface area contributed by atoms with Crippen molar-refractivity contribution in [3.05, 3.63) is 121 Å². The molecule has 2 N–H and O–H groups in total. The maximum absolute atomic E-state index is 14.1. The van der Waals surface area contributed by atoms with E-state index in [9.17, 15) is 19.5 Å². The minimum Gasteiger partial charge on any atom is -0.508 e. The van der Waals surface area contributed by atoms with Crippen LogP contribution in [-0.4, -0.2) is 81.2 Å². The van der Waals surface area contributed by atoms with E-state index in [4.69, 9.17) is 4.74 Å². The number of ether oxygens (including phenoxy) is 1. The Hall–Kier alpha value is -5.09. The second-order valence-corrected chi connectivity index (χ2v) is 10.8. The molecule has 44 heavy (non-hydrogen) atoms. The summed E-state index contributed by atoms with van der Waals surface area (Å²) in [4.78, 5) is 45.0. The number of nitrogens with zero attached hydrogens (tertiary/aromatic N) is 4. The Bertz CT molecular complexity index is 1500. The lowest BCUT2D eigenvalue weighted by atomic mass is 9.98. The third kappa shape index (κ3) is 6.92. The molecule has 2 heterocycles. The Balaban J connectivity index is 1.48. The highest BCUT2D eigenvalue weighted by molar-refractivity contribution is 5.91. The van der Waals surface area contributed by atoms with Crippen LogP contribution in [0.2, 0.25) is 0 Å². The van der Waals surface area contributed by atoms with E-state index < -0.39 is 12.2 Å². The van der Waals surface area contributed by atoms with Gasteiger partial charge in [0, 0.05) is 26.1 Å². The lowest BCUT2D eigenvalue weighted by Crippen LogP contribution is -2.76. The number of hydrazine groups is 1. The molecule has 2 aliphatic heterocycles. The molecule has 10 nitrogen and oxygen atoms in total. The second-order valence-electron chi connectivity index (χ2n) is 10.8. The Morgan fingerprint density at radius 3 is 2.43 bits per heavy atom. The summed E-state index contributed by atoms with van der Waals surface area (Å²) in [6, 6.07) is 22.4. The number of fused-ring (bicyclic) bond motifs is 1. The smallest absolute Gasteiger partial charge is 0.334 e. The highest BCUT2D eigenvalue weighted by Crippen LogP contribution is 2.30. The molecule has 4 amide bonds. The summed E-state index contributed by atoms with van der Waals surface area (Å²) in [6.45, 7) is 8.74. The molecule has 0 aromatic heterocycles. The van der Waals surface area contributed by atoms with Gasteiger partial charge >= 0.3 is 6.03 Å². The SMILES string of the molecule is C=CCOc1cccc(CN2CC3N(C(=O)CN(CC=C)N3C(=O)NCc3ccccc3)C(Cc3ccc(O)cc3)C2=O)c1. The van der Waals surface area contributed by atoms with E-state index in [-0.39, 0.29) is 56.2 Å².